The van der Waals surface area contributed by atoms with Crippen molar-refractivity contribution in [3.8, 4) is 5.75 Å². The largest absolute Gasteiger partial charge is 0.602 e. The number of hydrogen-bond donors (Lipinski definition) is 1. The molecule has 49 heavy (non-hydrogen) atoms. The van der Waals surface area contributed by atoms with Crippen molar-refractivity contribution in [3.63, 3.8) is 0 Å². The summed E-state index contributed by atoms with van der Waals surface area (Å²) in [5.41, 5.74) is -6.05. The van der Waals surface area contributed by atoms with E-state index >= 15 is 8.78 Å². The zero-order valence-corrected chi connectivity index (χ0v) is 28.3. The van der Waals surface area contributed by atoms with Gasteiger partial charge in [0, 0.05) is 0 Å². The Morgan fingerprint density at radius 1 is 0.571 bits per heavy atom. The zero-order valence-electron chi connectivity index (χ0n) is 25.9. The monoisotopic (exact) mass is 781 g/mol. The minimum atomic E-state index is -8.35. The molecule has 3 aliphatic carbocycles. The van der Waals surface area contributed by atoms with Gasteiger partial charge < -0.3 is 9.39 Å². The van der Waals surface area contributed by atoms with Gasteiger partial charge in [-0.25, -0.2) is 0 Å². The summed E-state index contributed by atoms with van der Waals surface area (Å²) in [6, 6.07) is 3.08. The van der Waals surface area contributed by atoms with E-state index in [9.17, 15) is 61.2 Å². The molecule has 0 radical (unpaired) electrons. The van der Waals surface area contributed by atoms with Gasteiger partial charge in [0.25, 0.3) is 0 Å². The first kappa shape index (κ1) is 39.9. The van der Waals surface area contributed by atoms with Crippen LogP contribution in [0.25, 0.3) is 0 Å². The lowest BCUT2D eigenvalue weighted by atomic mass is 9.75. The SMILES string of the molecule is O=S(=O)(Oc1c(C2CCCCC2)cc(C2CCCCC2)cc1C1CCCCC1)C(F)(F)C(F)(F)C(F)(F)S(=O)(=O)[NH+]([O-])S(=O)(=O)C(F)(F)F. The lowest BCUT2D eigenvalue weighted by molar-refractivity contribution is -0.561. The average Bonchev–Trinajstić information content (AvgIpc) is 3.04. The molecule has 3 fully saturated rings. The van der Waals surface area contributed by atoms with Gasteiger partial charge in [-0.05, 0) is 73.0 Å². The molecule has 0 aromatic heterocycles. The maximum atomic E-state index is 15.3. The van der Waals surface area contributed by atoms with Gasteiger partial charge >= 0.3 is 52.1 Å². The number of nitrogens with one attached hydrogen (secondary N) is 1. The van der Waals surface area contributed by atoms with Gasteiger partial charge in [-0.3, -0.25) is 0 Å². The summed E-state index contributed by atoms with van der Waals surface area (Å²) in [5.74, 6) is -9.58. The van der Waals surface area contributed by atoms with Gasteiger partial charge in [-0.15, -0.1) is 3.87 Å². The molecule has 0 spiro atoms. The second-order valence-electron chi connectivity index (χ2n) is 12.9. The number of halogens is 9. The first-order chi connectivity index (χ1) is 22.4. The molecular formula is C28H36F9NO8S3. The van der Waals surface area contributed by atoms with Crippen LogP contribution >= 0.6 is 0 Å². The predicted molar refractivity (Wildman–Crippen MR) is 157 cm³/mol. The van der Waals surface area contributed by atoms with E-state index in [0.29, 0.717) is 51.4 Å². The molecule has 21 heteroatoms. The molecular weight excluding hydrogens is 745 g/mol. The fraction of sp³-hybridized carbons (Fsp3) is 0.786. The third kappa shape index (κ3) is 7.16. The predicted octanol–water partition coefficient (Wildman–Crippen LogP) is 6.92. The summed E-state index contributed by atoms with van der Waals surface area (Å²) in [6.07, 6.45) is 9.91. The van der Waals surface area contributed by atoms with Crippen LogP contribution < -0.4 is 8.06 Å². The fourth-order valence-electron chi connectivity index (χ4n) is 6.90. The summed E-state index contributed by atoms with van der Waals surface area (Å²) >= 11 is 0. The quantitative estimate of drug-likeness (QED) is 0.145. The van der Waals surface area contributed by atoms with E-state index in [2.05, 4.69) is 4.18 Å². The Balaban J connectivity index is 1.85. The van der Waals surface area contributed by atoms with Crippen LogP contribution in [0.5, 0.6) is 5.75 Å². The smallest absolute Gasteiger partial charge is 0.550 e. The van der Waals surface area contributed by atoms with Crippen molar-refractivity contribution < 1.29 is 72.8 Å². The Hall–Kier alpha value is -1.84. The van der Waals surface area contributed by atoms with Crippen molar-refractivity contribution in [2.24, 2.45) is 0 Å². The van der Waals surface area contributed by atoms with Crippen LogP contribution in [0.3, 0.4) is 0 Å². The highest BCUT2D eigenvalue weighted by Gasteiger charge is 2.85. The second-order valence-corrected chi connectivity index (χ2v) is 18.5. The van der Waals surface area contributed by atoms with E-state index in [-0.39, 0.29) is 17.0 Å². The maximum Gasteiger partial charge on any atom is 0.550 e. The standard InChI is InChI=1S/C28H36F9NO8S3/c29-25(30,26(31,32)47(40,41)38(39)48(42,43)28(35,36)37)27(33,34)49(44,45)46-24-22(19-12-6-2-7-13-19)16-21(18-10-4-1-5-11-18)17-23(24)20-14-8-3-9-15-20/h16-20,38H,1-15H2. The summed E-state index contributed by atoms with van der Waals surface area (Å²) in [7, 11) is -23.5. The summed E-state index contributed by atoms with van der Waals surface area (Å²) in [4.78, 5) is 0. The van der Waals surface area contributed by atoms with Gasteiger partial charge in [0.2, 0.25) is 0 Å². The van der Waals surface area contributed by atoms with Crippen LogP contribution in [-0.4, -0.2) is 47.2 Å². The third-order valence-corrected chi connectivity index (χ3v) is 14.7. The molecule has 3 saturated carbocycles. The van der Waals surface area contributed by atoms with Crippen molar-refractivity contribution in [2.75, 3.05) is 0 Å². The van der Waals surface area contributed by atoms with Crippen LogP contribution in [0.2, 0.25) is 0 Å². The normalized spacial score (nSPS) is 21.4. The molecule has 1 aromatic carbocycles. The maximum absolute atomic E-state index is 15.3. The second kappa shape index (κ2) is 13.9. The topological polar surface area (TPSA) is 139 Å². The first-order valence-electron chi connectivity index (χ1n) is 15.8. The van der Waals surface area contributed by atoms with E-state index in [1.54, 1.807) is 12.1 Å². The molecule has 4 rings (SSSR count). The zero-order chi connectivity index (χ0) is 36.8. The molecule has 1 atom stereocenters. The molecule has 0 aliphatic heterocycles. The Bertz CT molecular complexity index is 1640. The Morgan fingerprint density at radius 3 is 1.31 bits per heavy atom. The van der Waals surface area contributed by atoms with Gasteiger partial charge in [0.15, 0.2) is 0 Å². The van der Waals surface area contributed by atoms with Crippen molar-refractivity contribution in [1.29, 1.82) is 0 Å². The highest BCUT2D eigenvalue weighted by Crippen LogP contribution is 2.53. The average molecular weight is 782 g/mol. The van der Waals surface area contributed by atoms with E-state index in [0.717, 1.165) is 50.5 Å². The lowest BCUT2D eigenvalue weighted by Crippen LogP contribution is -3.14. The number of quaternary nitrogens is 1. The van der Waals surface area contributed by atoms with Crippen LogP contribution in [0.4, 0.5) is 39.5 Å². The molecule has 0 amide bonds. The molecule has 0 heterocycles. The summed E-state index contributed by atoms with van der Waals surface area (Å²) in [5, 5.41) is -3.38. The van der Waals surface area contributed by atoms with Gasteiger partial charge in [-0.1, -0.05) is 69.9 Å². The molecule has 282 valence electrons. The molecule has 9 nitrogen and oxygen atoms in total. The number of sulfonamides is 2. The van der Waals surface area contributed by atoms with Crippen LogP contribution in [0, 0.1) is 5.21 Å². The molecule has 0 saturated heterocycles. The number of benzene rings is 1. The highest BCUT2D eigenvalue weighted by molar-refractivity contribution is 7.98. The van der Waals surface area contributed by atoms with Crippen LogP contribution in [0.1, 0.15) is 131 Å². The minimum absolute atomic E-state index is 0.00993. The van der Waals surface area contributed by atoms with Crippen LogP contribution in [0.15, 0.2) is 12.1 Å². The van der Waals surface area contributed by atoms with Gasteiger partial charge in [-0.2, -0.15) is 64.8 Å². The summed E-state index contributed by atoms with van der Waals surface area (Å²) < 4.78 is 201. The molecule has 1 unspecified atom stereocenters. The van der Waals surface area contributed by atoms with Crippen molar-refractivity contribution in [2.45, 2.75) is 136 Å². The number of hydrogen-bond acceptors (Lipinski definition) is 8. The van der Waals surface area contributed by atoms with E-state index in [1.807, 2.05) is 0 Å². The number of alkyl halides is 9. The van der Waals surface area contributed by atoms with E-state index in [4.69, 9.17) is 0 Å². The van der Waals surface area contributed by atoms with Crippen molar-refractivity contribution in [1.82, 2.24) is 0 Å². The molecule has 1 aromatic rings. The molecule has 3 aliphatic rings. The van der Waals surface area contributed by atoms with Gasteiger partial charge in [0.05, 0.1) is 0 Å². The van der Waals surface area contributed by atoms with Crippen LogP contribution in [-0.2, 0) is 30.2 Å². The molecule has 1 N–H and O–H groups in total. The van der Waals surface area contributed by atoms with Crippen molar-refractivity contribution >= 4 is 30.2 Å². The Morgan fingerprint density at radius 2 is 0.939 bits per heavy atom. The minimum Gasteiger partial charge on any atom is -0.602 e. The Kier molecular flexibility index (Phi) is 11.4. The first-order valence-corrected chi connectivity index (χ1v) is 20.1. The highest BCUT2D eigenvalue weighted by atomic mass is 32.3. The fourth-order valence-corrected chi connectivity index (χ4v) is 10.5. The van der Waals surface area contributed by atoms with Crippen molar-refractivity contribution in [3.05, 3.63) is 34.0 Å². The third-order valence-electron chi connectivity index (χ3n) is 9.65. The summed E-state index contributed by atoms with van der Waals surface area (Å²) in [6.45, 7) is 0. The van der Waals surface area contributed by atoms with E-state index < -0.39 is 73.6 Å². The lowest BCUT2D eigenvalue weighted by Gasteiger charge is -2.34. The van der Waals surface area contributed by atoms with E-state index in [1.165, 1.54) is 0 Å². The molecule has 0 bridgehead atoms. The van der Waals surface area contributed by atoms with Gasteiger partial charge in [0.1, 0.15) is 5.75 Å². The Labute approximate surface area is 278 Å². The number of rotatable bonds is 11.